The van der Waals surface area contributed by atoms with Crippen LogP contribution in [0.15, 0.2) is 65.6 Å². The van der Waals surface area contributed by atoms with Crippen LogP contribution in [0.4, 0.5) is 21.5 Å². The number of aliphatic hydroxyl groups excluding tert-OH is 1. The topological polar surface area (TPSA) is 101 Å². The Morgan fingerprint density at radius 3 is 2.56 bits per heavy atom. The molecule has 2 aromatic carbocycles. The highest BCUT2D eigenvalue weighted by molar-refractivity contribution is 6.07. The molecule has 4 rings (SSSR count). The van der Waals surface area contributed by atoms with E-state index in [2.05, 4.69) is 20.5 Å². The maximum Gasteiger partial charge on any atom is 0.263 e. The highest BCUT2D eigenvalue weighted by Gasteiger charge is 2.20. The number of nitrogens with one attached hydrogen (secondary N) is 3. The minimum Gasteiger partial charge on any atom is -0.387 e. The second kappa shape index (κ2) is 10.5. The molecule has 1 saturated heterocycles. The van der Waals surface area contributed by atoms with E-state index in [4.69, 9.17) is 0 Å². The number of piperazine rings is 1. The van der Waals surface area contributed by atoms with E-state index < -0.39 is 23.4 Å². The van der Waals surface area contributed by atoms with Crippen LogP contribution in [0.5, 0.6) is 0 Å². The van der Waals surface area contributed by atoms with E-state index in [1.54, 1.807) is 30.3 Å². The van der Waals surface area contributed by atoms with Gasteiger partial charge in [0.1, 0.15) is 11.4 Å². The number of H-pyrrole nitrogens is 1. The smallest absolute Gasteiger partial charge is 0.263 e. The molecule has 0 saturated carbocycles. The summed E-state index contributed by atoms with van der Waals surface area (Å²) in [6.45, 7) is 3.25. The first-order valence-corrected chi connectivity index (χ1v) is 11.2. The number of benzene rings is 2. The lowest BCUT2D eigenvalue weighted by Gasteiger charge is -2.34. The van der Waals surface area contributed by atoms with Crippen LogP contribution in [-0.4, -0.2) is 60.7 Å². The molecule has 1 aliphatic heterocycles. The van der Waals surface area contributed by atoms with Crippen molar-refractivity contribution in [3.8, 4) is 0 Å². The molecule has 0 unspecified atom stereocenters. The molecule has 0 aliphatic carbocycles. The van der Waals surface area contributed by atoms with Gasteiger partial charge in [0, 0.05) is 44.6 Å². The minimum absolute atomic E-state index is 0.0993. The van der Waals surface area contributed by atoms with Crippen molar-refractivity contribution in [2.24, 2.45) is 0 Å². The number of rotatable bonds is 7. The van der Waals surface area contributed by atoms with Crippen molar-refractivity contribution in [3.63, 3.8) is 0 Å². The van der Waals surface area contributed by atoms with Gasteiger partial charge in [-0.1, -0.05) is 30.3 Å². The zero-order valence-corrected chi connectivity index (χ0v) is 18.9. The van der Waals surface area contributed by atoms with Crippen molar-refractivity contribution in [3.05, 3.63) is 88.1 Å². The second-order valence-electron chi connectivity index (χ2n) is 8.31. The lowest BCUT2D eigenvalue weighted by Crippen LogP contribution is -2.44. The number of pyridine rings is 1. The number of carbonyl (C=O) groups is 1. The number of nitrogens with zero attached hydrogens (tertiary/aromatic N) is 2. The van der Waals surface area contributed by atoms with Crippen molar-refractivity contribution in [2.75, 3.05) is 55.3 Å². The van der Waals surface area contributed by atoms with Gasteiger partial charge in [-0.3, -0.25) is 9.59 Å². The van der Waals surface area contributed by atoms with Gasteiger partial charge in [0.05, 0.1) is 17.5 Å². The van der Waals surface area contributed by atoms with Crippen molar-refractivity contribution in [2.45, 2.75) is 6.10 Å². The fourth-order valence-corrected chi connectivity index (χ4v) is 3.93. The van der Waals surface area contributed by atoms with Gasteiger partial charge < -0.3 is 30.5 Å². The number of aromatic nitrogens is 1. The molecule has 1 fully saturated rings. The van der Waals surface area contributed by atoms with Crippen molar-refractivity contribution < 1.29 is 14.3 Å². The molecule has 0 spiro atoms. The number of halogens is 1. The molecule has 1 atom stereocenters. The average molecular weight is 466 g/mol. The summed E-state index contributed by atoms with van der Waals surface area (Å²) in [4.78, 5) is 32.0. The predicted molar refractivity (Wildman–Crippen MR) is 131 cm³/mol. The maximum absolute atomic E-state index is 14.8. The Kier molecular flexibility index (Phi) is 7.24. The van der Waals surface area contributed by atoms with Crippen molar-refractivity contribution >= 4 is 23.0 Å². The van der Waals surface area contributed by atoms with Crippen LogP contribution in [-0.2, 0) is 0 Å². The van der Waals surface area contributed by atoms with Crippen LogP contribution in [0.25, 0.3) is 0 Å². The van der Waals surface area contributed by atoms with Gasteiger partial charge in [-0.15, -0.1) is 0 Å². The molecular formula is C25H28FN5O3. The van der Waals surface area contributed by atoms with E-state index in [1.807, 2.05) is 30.1 Å². The third-order valence-electron chi connectivity index (χ3n) is 5.91. The summed E-state index contributed by atoms with van der Waals surface area (Å²) in [6.07, 6.45) is 0.591. The lowest BCUT2D eigenvalue weighted by atomic mass is 10.1. The summed E-state index contributed by atoms with van der Waals surface area (Å²) < 4.78 is 14.8. The Bertz CT molecular complexity index is 1190. The minimum atomic E-state index is -0.826. The Balaban J connectivity index is 1.47. The zero-order valence-electron chi connectivity index (χ0n) is 18.9. The quantitative estimate of drug-likeness (QED) is 0.428. The Morgan fingerprint density at radius 1 is 1.12 bits per heavy atom. The molecular weight excluding hydrogens is 437 g/mol. The molecule has 1 aliphatic rings. The fourth-order valence-electron chi connectivity index (χ4n) is 3.93. The van der Waals surface area contributed by atoms with Crippen LogP contribution in [0.3, 0.4) is 0 Å². The number of hydrogen-bond acceptors (Lipinski definition) is 6. The highest BCUT2D eigenvalue weighted by Crippen LogP contribution is 2.25. The molecule has 0 bridgehead atoms. The van der Waals surface area contributed by atoms with Crippen molar-refractivity contribution in [1.82, 2.24) is 9.88 Å². The average Bonchev–Trinajstić information content (AvgIpc) is 2.84. The molecule has 3 aromatic rings. The summed E-state index contributed by atoms with van der Waals surface area (Å²) in [6, 6.07) is 15.1. The first-order valence-electron chi connectivity index (χ1n) is 11.2. The molecule has 1 amide bonds. The van der Waals surface area contributed by atoms with Gasteiger partial charge >= 0.3 is 0 Å². The number of carbonyl (C=O) groups excluding carboxylic acids is 1. The molecule has 4 N–H and O–H groups in total. The SMILES string of the molecule is CN1CCN(c2ccc(NC(=O)c3c(NC[C@@H](O)c4ccccc4)cc[nH]c3=O)cc2F)CC1. The first-order chi connectivity index (χ1) is 16.4. The zero-order chi connectivity index (χ0) is 24.1. The van der Waals surface area contributed by atoms with E-state index >= 15 is 0 Å². The third-order valence-corrected chi connectivity index (χ3v) is 5.91. The van der Waals surface area contributed by atoms with Crippen LogP contribution in [0, 0.1) is 5.82 Å². The largest absolute Gasteiger partial charge is 0.387 e. The van der Waals surface area contributed by atoms with E-state index in [0.717, 1.165) is 26.2 Å². The predicted octanol–water partition coefficient (Wildman–Crippen LogP) is 2.66. The highest BCUT2D eigenvalue weighted by atomic mass is 19.1. The van der Waals surface area contributed by atoms with Crippen LogP contribution in [0.1, 0.15) is 22.0 Å². The third kappa shape index (κ3) is 5.44. The van der Waals surface area contributed by atoms with E-state index in [-0.39, 0.29) is 23.5 Å². The normalized spacial score (nSPS) is 15.1. The Labute approximate surface area is 197 Å². The van der Waals surface area contributed by atoms with Crippen molar-refractivity contribution in [1.29, 1.82) is 0 Å². The number of aromatic amines is 1. The summed E-state index contributed by atoms with van der Waals surface area (Å²) >= 11 is 0. The number of anilines is 3. The molecule has 34 heavy (non-hydrogen) atoms. The van der Waals surface area contributed by atoms with Gasteiger partial charge in [0.15, 0.2) is 0 Å². The number of aliphatic hydroxyl groups is 1. The molecule has 178 valence electrons. The van der Waals surface area contributed by atoms with Gasteiger partial charge in [-0.25, -0.2) is 4.39 Å². The Morgan fingerprint density at radius 2 is 1.85 bits per heavy atom. The Hall–Kier alpha value is -3.69. The van der Waals surface area contributed by atoms with Gasteiger partial charge in [0.25, 0.3) is 11.5 Å². The van der Waals surface area contributed by atoms with Crippen LogP contribution < -0.4 is 21.1 Å². The van der Waals surface area contributed by atoms with Gasteiger partial charge in [-0.05, 0) is 36.9 Å². The number of amides is 1. The van der Waals surface area contributed by atoms with E-state index in [9.17, 15) is 19.1 Å². The van der Waals surface area contributed by atoms with Crippen LogP contribution in [0.2, 0.25) is 0 Å². The van der Waals surface area contributed by atoms with Gasteiger partial charge in [-0.2, -0.15) is 0 Å². The van der Waals surface area contributed by atoms with Gasteiger partial charge in [0.2, 0.25) is 0 Å². The summed E-state index contributed by atoms with van der Waals surface area (Å²) in [5.41, 5.74) is 0.977. The number of hydrogen-bond donors (Lipinski definition) is 4. The molecule has 8 nitrogen and oxygen atoms in total. The van der Waals surface area contributed by atoms with E-state index in [0.29, 0.717) is 11.3 Å². The summed E-state index contributed by atoms with van der Waals surface area (Å²) in [7, 11) is 2.03. The molecule has 2 heterocycles. The second-order valence-corrected chi connectivity index (χ2v) is 8.31. The van der Waals surface area contributed by atoms with Crippen LogP contribution >= 0.6 is 0 Å². The molecule has 1 aromatic heterocycles. The number of likely N-dealkylation sites (N-methyl/N-ethyl adjacent to an activating group) is 1. The monoisotopic (exact) mass is 465 g/mol. The summed E-state index contributed by atoms with van der Waals surface area (Å²) in [5.74, 6) is -1.11. The fraction of sp³-hybridized carbons (Fsp3) is 0.280. The first kappa shape index (κ1) is 23.5. The molecule has 0 radical (unpaired) electrons. The summed E-state index contributed by atoms with van der Waals surface area (Å²) in [5, 5.41) is 16.0. The van der Waals surface area contributed by atoms with E-state index in [1.165, 1.54) is 12.3 Å². The standard InChI is InChI=1S/C25H28FN5O3/c1-30-11-13-31(14-12-30)21-8-7-18(15-19(21)26)29-25(34)23-20(9-10-27-24(23)33)28-16-22(32)17-5-3-2-4-6-17/h2-10,15,22,32H,11-14,16H2,1H3,(H,29,34)(H2,27,28,33)/t22-/m1/s1. The lowest BCUT2D eigenvalue weighted by molar-refractivity contribution is 0.102. The maximum atomic E-state index is 14.8. The molecule has 9 heteroatoms.